The van der Waals surface area contributed by atoms with Crippen LogP contribution in [0.2, 0.25) is 0 Å². The maximum atomic E-state index is 12.0. The zero-order chi connectivity index (χ0) is 15.2. The van der Waals surface area contributed by atoms with Gasteiger partial charge < -0.3 is 14.9 Å². The first-order chi connectivity index (χ1) is 10.1. The molecule has 0 saturated carbocycles. The number of nitrogens with zero attached hydrogens (tertiary/aromatic N) is 1. The molecular formula is C15H20N2O3S. The zero-order valence-corrected chi connectivity index (χ0v) is 13.0. The molecule has 0 radical (unpaired) electrons. The number of thiophene rings is 1. The molecule has 2 N–H and O–H groups in total. The number of aliphatic hydroxyl groups is 1. The lowest BCUT2D eigenvalue weighted by molar-refractivity contribution is 0.0930. The first kappa shape index (κ1) is 15.7. The van der Waals surface area contributed by atoms with Crippen molar-refractivity contribution < 1.29 is 14.4 Å². The van der Waals surface area contributed by atoms with Gasteiger partial charge in [-0.15, -0.1) is 0 Å². The van der Waals surface area contributed by atoms with Crippen molar-refractivity contribution in [2.24, 2.45) is 5.92 Å². The van der Waals surface area contributed by atoms with E-state index in [1.807, 2.05) is 25.3 Å². The molecule has 2 rings (SSSR count). The van der Waals surface area contributed by atoms with E-state index in [-0.39, 0.29) is 30.0 Å². The topological polar surface area (TPSA) is 75.4 Å². The van der Waals surface area contributed by atoms with Crippen molar-refractivity contribution in [3.05, 3.63) is 39.9 Å². The van der Waals surface area contributed by atoms with Gasteiger partial charge in [-0.3, -0.25) is 4.79 Å². The average molecular weight is 308 g/mol. The summed E-state index contributed by atoms with van der Waals surface area (Å²) >= 11 is 1.63. The monoisotopic (exact) mass is 308 g/mol. The van der Waals surface area contributed by atoms with Gasteiger partial charge in [0.2, 0.25) is 0 Å². The van der Waals surface area contributed by atoms with E-state index in [1.54, 1.807) is 17.4 Å². The Hall–Kier alpha value is -1.66. The molecule has 0 saturated heterocycles. The van der Waals surface area contributed by atoms with Crippen molar-refractivity contribution in [3.8, 4) is 0 Å². The molecule has 0 aromatic carbocycles. The molecule has 0 aliphatic rings. The van der Waals surface area contributed by atoms with E-state index in [1.165, 1.54) is 5.56 Å². The summed E-state index contributed by atoms with van der Waals surface area (Å²) in [5.74, 6) is 0.620. The van der Waals surface area contributed by atoms with Gasteiger partial charge in [-0.25, -0.2) is 0 Å². The maximum absolute atomic E-state index is 12.0. The lowest BCUT2D eigenvalue weighted by Crippen LogP contribution is -2.32. The lowest BCUT2D eigenvalue weighted by atomic mass is 10.0. The molecule has 2 aromatic heterocycles. The molecular weight excluding hydrogens is 288 g/mol. The third-order valence-electron chi connectivity index (χ3n) is 3.24. The van der Waals surface area contributed by atoms with Gasteiger partial charge in [-0.1, -0.05) is 19.0 Å². The maximum Gasteiger partial charge on any atom is 0.273 e. The predicted octanol–water partition coefficient (Wildman–Crippen LogP) is 2.44. The van der Waals surface area contributed by atoms with Crippen LogP contribution in [0.1, 0.15) is 41.6 Å². The highest BCUT2D eigenvalue weighted by molar-refractivity contribution is 7.07. The number of hydrogen-bond acceptors (Lipinski definition) is 5. The highest BCUT2D eigenvalue weighted by atomic mass is 32.1. The summed E-state index contributed by atoms with van der Waals surface area (Å²) in [5.41, 5.74) is 1.46. The van der Waals surface area contributed by atoms with Crippen LogP contribution in [0.4, 0.5) is 0 Å². The van der Waals surface area contributed by atoms with E-state index in [9.17, 15) is 9.90 Å². The Morgan fingerprint density at radius 3 is 2.90 bits per heavy atom. The summed E-state index contributed by atoms with van der Waals surface area (Å²) < 4.78 is 5.11. The van der Waals surface area contributed by atoms with Gasteiger partial charge >= 0.3 is 0 Å². The number of carbonyl (C=O) groups excluding carboxylic acids is 1. The zero-order valence-electron chi connectivity index (χ0n) is 12.2. The van der Waals surface area contributed by atoms with Crippen molar-refractivity contribution >= 4 is 17.2 Å². The fourth-order valence-corrected chi connectivity index (χ4v) is 2.62. The van der Waals surface area contributed by atoms with Gasteiger partial charge in [0.15, 0.2) is 5.69 Å². The van der Waals surface area contributed by atoms with E-state index in [2.05, 4.69) is 15.9 Å². The van der Waals surface area contributed by atoms with Crippen LogP contribution < -0.4 is 5.32 Å². The molecule has 0 bridgehead atoms. The highest BCUT2D eigenvalue weighted by Gasteiger charge is 2.16. The van der Waals surface area contributed by atoms with E-state index >= 15 is 0 Å². The second-order valence-corrected chi connectivity index (χ2v) is 6.14. The van der Waals surface area contributed by atoms with Crippen LogP contribution in [0.25, 0.3) is 0 Å². The number of hydrogen-bond donors (Lipinski definition) is 2. The number of aliphatic hydroxyl groups excluding tert-OH is 1. The van der Waals surface area contributed by atoms with E-state index in [4.69, 9.17) is 4.52 Å². The predicted molar refractivity (Wildman–Crippen MR) is 81.5 cm³/mol. The van der Waals surface area contributed by atoms with Crippen molar-refractivity contribution in [3.63, 3.8) is 0 Å². The Morgan fingerprint density at radius 1 is 1.52 bits per heavy atom. The molecule has 0 spiro atoms. The second kappa shape index (κ2) is 7.38. The number of nitrogens with one attached hydrogen (secondary N) is 1. The molecule has 0 aliphatic heterocycles. The summed E-state index contributed by atoms with van der Waals surface area (Å²) in [4.78, 5) is 12.0. The Kier molecular flexibility index (Phi) is 5.52. The molecule has 6 heteroatoms. The van der Waals surface area contributed by atoms with Crippen molar-refractivity contribution in [2.45, 2.75) is 26.2 Å². The molecule has 1 amide bonds. The van der Waals surface area contributed by atoms with Gasteiger partial charge in [0, 0.05) is 31.1 Å². The summed E-state index contributed by atoms with van der Waals surface area (Å²) in [7, 11) is 0. The van der Waals surface area contributed by atoms with Crippen LogP contribution in [0.15, 0.2) is 27.4 Å². The quantitative estimate of drug-likeness (QED) is 0.824. The standard InChI is InChI=1S/C15H20N2O3S/c1-10(2)14-6-13(17-20-14)15(19)16-7-12(8-18)5-11-3-4-21-9-11/h3-4,6,9-10,12,18H,5,7-8H2,1-2H3,(H,16,19). The van der Waals surface area contributed by atoms with Crippen LogP contribution in [-0.4, -0.2) is 29.3 Å². The van der Waals surface area contributed by atoms with Gasteiger partial charge in [0.25, 0.3) is 5.91 Å². The van der Waals surface area contributed by atoms with Crippen molar-refractivity contribution in [2.75, 3.05) is 13.2 Å². The van der Waals surface area contributed by atoms with Gasteiger partial charge in [0.05, 0.1) is 0 Å². The molecule has 1 atom stereocenters. The van der Waals surface area contributed by atoms with Crippen LogP contribution in [0.5, 0.6) is 0 Å². The fourth-order valence-electron chi connectivity index (χ4n) is 1.94. The van der Waals surface area contributed by atoms with Crippen LogP contribution >= 0.6 is 11.3 Å². The third kappa shape index (κ3) is 4.41. The molecule has 5 nitrogen and oxygen atoms in total. The number of aromatic nitrogens is 1. The molecule has 2 aromatic rings. The highest BCUT2D eigenvalue weighted by Crippen LogP contribution is 2.15. The number of amides is 1. The van der Waals surface area contributed by atoms with E-state index < -0.39 is 0 Å². The fraction of sp³-hybridized carbons (Fsp3) is 0.467. The minimum atomic E-state index is -0.269. The number of carbonyl (C=O) groups is 1. The molecule has 21 heavy (non-hydrogen) atoms. The summed E-state index contributed by atoms with van der Waals surface area (Å²) in [6.07, 6.45) is 0.746. The van der Waals surface area contributed by atoms with E-state index in [0.717, 1.165) is 6.42 Å². The van der Waals surface area contributed by atoms with Gasteiger partial charge in [0.1, 0.15) is 5.76 Å². The van der Waals surface area contributed by atoms with Gasteiger partial charge in [-0.2, -0.15) is 11.3 Å². The molecule has 0 aliphatic carbocycles. The lowest BCUT2D eigenvalue weighted by Gasteiger charge is -2.13. The van der Waals surface area contributed by atoms with Crippen LogP contribution in [0, 0.1) is 5.92 Å². The molecule has 114 valence electrons. The molecule has 2 heterocycles. The Labute approximate surface area is 128 Å². The Morgan fingerprint density at radius 2 is 2.33 bits per heavy atom. The summed E-state index contributed by atoms with van der Waals surface area (Å²) in [6, 6.07) is 3.69. The van der Waals surface area contributed by atoms with Crippen LogP contribution in [-0.2, 0) is 6.42 Å². The largest absolute Gasteiger partial charge is 0.396 e. The average Bonchev–Trinajstić information content (AvgIpc) is 3.13. The van der Waals surface area contributed by atoms with Crippen molar-refractivity contribution in [1.29, 1.82) is 0 Å². The summed E-state index contributed by atoms with van der Waals surface area (Å²) in [5, 5.41) is 20.0. The van der Waals surface area contributed by atoms with Gasteiger partial charge in [-0.05, 0) is 28.8 Å². The SMILES string of the molecule is CC(C)c1cc(C(=O)NCC(CO)Cc2ccsc2)no1. The first-order valence-electron chi connectivity index (χ1n) is 6.97. The minimum Gasteiger partial charge on any atom is -0.396 e. The minimum absolute atomic E-state index is 0.0000187. The Balaban J connectivity index is 1.86. The third-order valence-corrected chi connectivity index (χ3v) is 3.98. The smallest absolute Gasteiger partial charge is 0.273 e. The second-order valence-electron chi connectivity index (χ2n) is 5.36. The summed E-state index contributed by atoms with van der Waals surface area (Å²) in [6.45, 7) is 4.40. The Bertz CT molecular complexity index is 563. The molecule has 1 unspecified atom stereocenters. The van der Waals surface area contributed by atoms with Crippen molar-refractivity contribution in [1.82, 2.24) is 10.5 Å². The normalized spacial score (nSPS) is 12.6. The first-order valence-corrected chi connectivity index (χ1v) is 7.91. The van der Waals surface area contributed by atoms with E-state index in [0.29, 0.717) is 12.3 Å². The number of rotatable bonds is 7. The van der Waals surface area contributed by atoms with Crippen LogP contribution in [0.3, 0.4) is 0 Å². The molecule has 0 fully saturated rings.